The van der Waals surface area contributed by atoms with Crippen LogP contribution in [0.1, 0.15) is 20.3 Å². The number of carbonyl (C=O) groups excluding carboxylic acids is 1. The number of rotatable bonds is 5. The highest BCUT2D eigenvalue weighted by Crippen LogP contribution is 2.11. The largest absolute Gasteiger partial charge is 0.374 e. The van der Waals surface area contributed by atoms with Crippen LogP contribution in [-0.4, -0.2) is 55.7 Å². The molecule has 1 aliphatic heterocycles. The molecule has 1 saturated heterocycles. The van der Waals surface area contributed by atoms with Crippen molar-refractivity contribution in [2.45, 2.75) is 32.4 Å². The van der Waals surface area contributed by atoms with Gasteiger partial charge in [0.25, 0.3) is 0 Å². The normalized spacial score (nSPS) is 26.7. The van der Waals surface area contributed by atoms with Crippen LogP contribution in [0.5, 0.6) is 0 Å². The number of nitrogens with one attached hydrogen (secondary N) is 1. The molecule has 16 heavy (non-hydrogen) atoms. The number of ether oxygens (including phenoxy) is 1. The molecule has 1 rings (SSSR count). The number of nitrogens with two attached hydrogens (primary N) is 1. The molecule has 0 aromatic rings. The lowest BCUT2D eigenvalue weighted by molar-refractivity contribution is -0.122. The van der Waals surface area contributed by atoms with Crippen LogP contribution >= 0.6 is 0 Å². The second kappa shape index (κ2) is 6.83. The molecule has 0 aromatic heterocycles. The molecule has 5 nitrogen and oxygen atoms in total. The maximum absolute atomic E-state index is 11.3. The molecule has 3 N–H and O–H groups in total. The van der Waals surface area contributed by atoms with Crippen LogP contribution in [0.4, 0.5) is 0 Å². The van der Waals surface area contributed by atoms with Crippen LogP contribution in [0.3, 0.4) is 0 Å². The van der Waals surface area contributed by atoms with Crippen molar-refractivity contribution >= 4 is 5.91 Å². The van der Waals surface area contributed by atoms with Gasteiger partial charge < -0.3 is 15.8 Å². The molecule has 2 unspecified atom stereocenters. The van der Waals surface area contributed by atoms with E-state index in [1.54, 1.807) is 0 Å². The fourth-order valence-electron chi connectivity index (χ4n) is 1.86. The van der Waals surface area contributed by atoms with E-state index in [4.69, 9.17) is 10.5 Å². The molecule has 0 aliphatic carbocycles. The fraction of sp³-hybridized carbons (Fsp3) is 0.909. The first-order valence-electron chi connectivity index (χ1n) is 5.99. The minimum atomic E-state index is 0.116. The summed E-state index contributed by atoms with van der Waals surface area (Å²) in [5.74, 6) is 0.116. The second-order valence-corrected chi connectivity index (χ2v) is 4.24. The minimum Gasteiger partial charge on any atom is -0.374 e. The number of amides is 1. The summed E-state index contributed by atoms with van der Waals surface area (Å²) < 4.78 is 5.56. The lowest BCUT2D eigenvalue weighted by Gasteiger charge is -2.37. The van der Waals surface area contributed by atoms with E-state index in [2.05, 4.69) is 17.1 Å². The average molecular weight is 229 g/mol. The Labute approximate surface area is 97.3 Å². The number of morpholine rings is 1. The van der Waals surface area contributed by atoms with E-state index in [1.165, 1.54) is 0 Å². The van der Waals surface area contributed by atoms with Gasteiger partial charge >= 0.3 is 0 Å². The summed E-state index contributed by atoms with van der Waals surface area (Å²) >= 11 is 0. The Balaban J connectivity index is 2.30. The van der Waals surface area contributed by atoms with Gasteiger partial charge in [-0.1, -0.05) is 0 Å². The quantitative estimate of drug-likeness (QED) is 0.671. The van der Waals surface area contributed by atoms with Crippen molar-refractivity contribution < 1.29 is 9.53 Å². The molecule has 0 saturated carbocycles. The van der Waals surface area contributed by atoms with Gasteiger partial charge in [-0.2, -0.15) is 0 Å². The summed E-state index contributed by atoms with van der Waals surface area (Å²) in [6.45, 7) is 7.61. The Morgan fingerprint density at radius 3 is 3.00 bits per heavy atom. The van der Waals surface area contributed by atoms with Crippen molar-refractivity contribution in [1.82, 2.24) is 10.2 Å². The van der Waals surface area contributed by atoms with Crippen LogP contribution < -0.4 is 11.1 Å². The Morgan fingerprint density at radius 2 is 2.38 bits per heavy atom. The van der Waals surface area contributed by atoms with Gasteiger partial charge in [-0.3, -0.25) is 9.69 Å². The molecule has 2 atom stereocenters. The lowest BCUT2D eigenvalue weighted by atomic mass is 10.2. The third-order valence-corrected chi connectivity index (χ3v) is 2.90. The molecule has 0 bridgehead atoms. The number of hydrogen-bond donors (Lipinski definition) is 2. The molecule has 1 amide bonds. The van der Waals surface area contributed by atoms with Gasteiger partial charge in [-0.05, 0) is 13.8 Å². The maximum atomic E-state index is 11.3. The van der Waals surface area contributed by atoms with Gasteiger partial charge in [0.05, 0.1) is 12.7 Å². The van der Waals surface area contributed by atoms with E-state index >= 15 is 0 Å². The van der Waals surface area contributed by atoms with Gasteiger partial charge in [0.15, 0.2) is 0 Å². The van der Waals surface area contributed by atoms with Crippen molar-refractivity contribution in [2.75, 3.05) is 32.8 Å². The Kier molecular flexibility index (Phi) is 5.73. The van der Waals surface area contributed by atoms with Gasteiger partial charge in [-0.15, -0.1) is 0 Å². The Hall–Kier alpha value is -0.650. The van der Waals surface area contributed by atoms with Crippen molar-refractivity contribution in [1.29, 1.82) is 0 Å². The summed E-state index contributed by atoms with van der Waals surface area (Å²) in [5, 5.41) is 2.80. The summed E-state index contributed by atoms with van der Waals surface area (Å²) in [6, 6.07) is 0.372. The van der Waals surface area contributed by atoms with Crippen molar-refractivity contribution in [2.24, 2.45) is 5.73 Å². The van der Waals surface area contributed by atoms with E-state index in [9.17, 15) is 4.79 Å². The maximum Gasteiger partial charge on any atom is 0.221 e. The zero-order chi connectivity index (χ0) is 12.0. The van der Waals surface area contributed by atoms with Crippen LogP contribution in [0.25, 0.3) is 0 Å². The molecule has 0 radical (unpaired) electrons. The number of carbonyl (C=O) groups is 1. The highest BCUT2D eigenvalue weighted by Gasteiger charge is 2.25. The number of hydrogen-bond acceptors (Lipinski definition) is 4. The highest BCUT2D eigenvalue weighted by molar-refractivity contribution is 5.75. The van der Waals surface area contributed by atoms with Gasteiger partial charge in [-0.25, -0.2) is 0 Å². The molecule has 1 fully saturated rings. The van der Waals surface area contributed by atoms with E-state index < -0.39 is 0 Å². The summed E-state index contributed by atoms with van der Waals surface area (Å²) in [5.41, 5.74) is 5.58. The Morgan fingerprint density at radius 1 is 1.62 bits per heavy atom. The first-order chi connectivity index (χ1) is 7.67. The van der Waals surface area contributed by atoms with Gasteiger partial charge in [0, 0.05) is 38.6 Å². The van der Waals surface area contributed by atoms with Crippen LogP contribution in [0.2, 0.25) is 0 Å². The van der Waals surface area contributed by atoms with Crippen molar-refractivity contribution in [3.8, 4) is 0 Å². The van der Waals surface area contributed by atoms with Crippen molar-refractivity contribution in [3.63, 3.8) is 0 Å². The van der Waals surface area contributed by atoms with Crippen LogP contribution in [0.15, 0.2) is 0 Å². The zero-order valence-corrected chi connectivity index (χ0v) is 10.2. The van der Waals surface area contributed by atoms with E-state index in [0.717, 1.165) is 13.1 Å². The van der Waals surface area contributed by atoms with E-state index in [-0.39, 0.29) is 12.0 Å². The number of nitrogens with zero attached hydrogens (tertiary/aromatic N) is 1. The lowest BCUT2D eigenvalue weighted by Crippen LogP contribution is -2.51. The first kappa shape index (κ1) is 13.4. The highest BCUT2D eigenvalue weighted by atomic mass is 16.5. The zero-order valence-electron chi connectivity index (χ0n) is 10.2. The predicted octanol–water partition coefficient (Wildman–Crippen LogP) is -0.439. The van der Waals surface area contributed by atoms with Crippen LogP contribution in [-0.2, 0) is 9.53 Å². The molecule has 1 heterocycles. The molecular weight excluding hydrogens is 206 g/mol. The third kappa shape index (κ3) is 4.08. The summed E-state index contributed by atoms with van der Waals surface area (Å²) in [6.07, 6.45) is 0.667. The molecule has 0 aromatic carbocycles. The fourth-order valence-corrected chi connectivity index (χ4v) is 1.86. The first-order valence-corrected chi connectivity index (χ1v) is 5.99. The predicted molar refractivity (Wildman–Crippen MR) is 63.1 cm³/mol. The van der Waals surface area contributed by atoms with Crippen LogP contribution in [0, 0.1) is 0 Å². The SMILES string of the molecule is CCNC(=O)CCN1CC(CN)OCC1C. The summed E-state index contributed by atoms with van der Waals surface area (Å²) in [4.78, 5) is 13.6. The summed E-state index contributed by atoms with van der Waals surface area (Å²) in [7, 11) is 0. The van der Waals surface area contributed by atoms with Gasteiger partial charge in [0.1, 0.15) is 0 Å². The van der Waals surface area contributed by atoms with E-state index in [1.807, 2.05) is 6.92 Å². The third-order valence-electron chi connectivity index (χ3n) is 2.90. The minimum absolute atomic E-state index is 0.116. The molecule has 0 spiro atoms. The molecular formula is C11H23N3O2. The smallest absolute Gasteiger partial charge is 0.221 e. The van der Waals surface area contributed by atoms with E-state index in [0.29, 0.717) is 32.2 Å². The topological polar surface area (TPSA) is 67.6 Å². The average Bonchev–Trinajstić information content (AvgIpc) is 2.28. The molecule has 5 heteroatoms. The monoisotopic (exact) mass is 229 g/mol. The van der Waals surface area contributed by atoms with Gasteiger partial charge in [0.2, 0.25) is 5.91 Å². The van der Waals surface area contributed by atoms with Crippen molar-refractivity contribution in [3.05, 3.63) is 0 Å². The Bertz CT molecular complexity index is 223. The standard InChI is InChI=1S/C11H23N3O2/c1-3-13-11(15)4-5-14-7-10(6-12)16-8-9(14)2/h9-10H,3-8,12H2,1-2H3,(H,13,15). The molecule has 1 aliphatic rings. The molecule has 94 valence electrons. The second-order valence-electron chi connectivity index (χ2n) is 4.24.